The van der Waals surface area contributed by atoms with Crippen LogP contribution in [-0.2, 0) is 4.74 Å². The molecule has 134 valence electrons. The van der Waals surface area contributed by atoms with Gasteiger partial charge in [-0.05, 0) is 31.6 Å². The van der Waals surface area contributed by atoms with Crippen LogP contribution in [0.2, 0.25) is 0 Å². The Morgan fingerprint density at radius 1 is 1.26 bits per heavy atom. The first-order valence-corrected chi connectivity index (χ1v) is 8.11. The van der Waals surface area contributed by atoms with Gasteiger partial charge < -0.3 is 20.1 Å². The SMILES string of the molecule is CCOCCC1(CNC(=O)N2CCC(O)(C(F)(F)F)CC2)CC1. The molecule has 0 unspecified atom stereocenters. The smallest absolute Gasteiger partial charge is 0.382 e. The van der Waals surface area contributed by atoms with Crippen LogP contribution in [0.3, 0.4) is 0 Å². The van der Waals surface area contributed by atoms with E-state index >= 15 is 0 Å². The van der Waals surface area contributed by atoms with Crippen molar-refractivity contribution in [3.63, 3.8) is 0 Å². The Bertz CT molecular complexity index is 417. The summed E-state index contributed by atoms with van der Waals surface area (Å²) in [5.41, 5.74) is -2.58. The molecular weight excluding hydrogens is 313 g/mol. The molecule has 0 atom stereocenters. The number of urea groups is 1. The maximum absolute atomic E-state index is 12.7. The van der Waals surface area contributed by atoms with E-state index in [4.69, 9.17) is 4.74 Å². The van der Waals surface area contributed by atoms with Crippen molar-refractivity contribution in [3.8, 4) is 0 Å². The summed E-state index contributed by atoms with van der Waals surface area (Å²) in [5, 5.41) is 12.4. The first kappa shape index (κ1) is 18.3. The normalized spacial score (nSPS) is 22.7. The number of piperidine rings is 1. The number of ether oxygens (including phenoxy) is 1. The fraction of sp³-hybridized carbons (Fsp3) is 0.933. The molecule has 0 aromatic carbocycles. The lowest BCUT2D eigenvalue weighted by Crippen LogP contribution is -2.56. The van der Waals surface area contributed by atoms with E-state index in [1.54, 1.807) is 0 Å². The molecule has 2 amide bonds. The Labute approximate surface area is 134 Å². The van der Waals surface area contributed by atoms with Crippen molar-refractivity contribution in [2.75, 3.05) is 32.8 Å². The van der Waals surface area contributed by atoms with E-state index in [2.05, 4.69) is 5.32 Å². The van der Waals surface area contributed by atoms with Crippen LogP contribution in [0.4, 0.5) is 18.0 Å². The third-order valence-electron chi connectivity index (χ3n) is 4.96. The largest absolute Gasteiger partial charge is 0.417 e. The van der Waals surface area contributed by atoms with Crippen LogP contribution in [0.5, 0.6) is 0 Å². The Hall–Kier alpha value is -1.02. The van der Waals surface area contributed by atoms with Crippen molar-refractivity contribution in [1.82, 2.24) is 10.2 Å². The number of halogens is 3. The van der Waals surface area contributed by atoms with Crippen molar-refractivity contribution in [2.24, 2.45) is 5.41 Å². The molecular formula is C15H25F3N2O3. The van der Waals surface area contributed by atoms with Gasteiger partial charge in [0, 0.05) is 45.7 Å². The van der Waals surface area contributed by atoms with Crippen LogP contribution < -0.4 is 5.32 Å². The minimum atomic E-state index is -4.65. The van der Waals surface area contributed by atoms with Gasteiger partial charge in [0.25, 0.3) is 0 Å². The van der Waals surface area contributed by atoms with Gasteiger partial charge in [0.2, 0.25) is 0 Å². The Balaban J connectivity index is 1.74. The summed E-state index contributed by atoms with van der Waals surface area (Å²) >= 11 is 0. The van der Waals surface area contributed by atoms with Crippen LogP contribution in [-0.4, -0.2) is 60.7 Å². The number of hydrogen-bond acceptors (Lipinski definition) is 3. The first-order valence-electron chi connectivity index (χ1n) is 8.11. The van der Waals surface area contributed by atoms with E-state index in [0.717, 1.165) is 19.3 Å². The quantitative estimate of drug-likeness (QED) is 0.731. The van der Waals surface area contributed by atoms with Crippen LogP contribution in [0.15, 0.2) is 0 Å². The van der Waals surface area contributed by atoms with E-state index in [-0.39, 0.29) is 24.5 Å². The number of aliphatic hydroxyl groups is 1. The number of carbonyl (C=O) groups is 1. The van der Waals surface area contributed by atoms with Gasteiger partial charge in [0.05, 0.1) is 0 Å². The number of carbonyl (C=O) groups excluding carboxylic acids is 1. The molecule has 2 rings (SSSR count). The third-order valence-corrected chi connectivity index (χ3v) is 4.96. The van der Waals surface area contributed by atoms with Gasteiger partial charge >= 0.3 is 12.2 Å². The zero-order valence-electron chi connectivity index (χ0n) is 13.4. The second-order valence-electron chi connectivity index (χ2n) is 6.62. The summed E-state index contributed by atoms with van der Waals surface area (Å²) in [5.74, 6) is 0. The summed E-state index contributed by atoms with van der Waals surface area (Å²) < 4.78 is 43.5. The lowest BCUT2D eigenvalue weighted by Gasteiger charge is -2.39. The molecule has 1 heterocycles. The fourth-order valence-electron chi connectivity index (χ4n) is 2.86. The molecule has 0 bridgehead atoms. The standard InChI is InChI=1S/C15H25F3N2O3/c1-2-23-10-7-13(3-4-13)11-19-12(21)20-8-5-14(22,6-9-20)15(16,17)18/h22H,2-11H2,1H3,(H,19,21). The minimum Gasteiger partial charge on any atom is -0.382 e. The maximum atomic E-state index is 12.7. The topological polar surface area (TPSA) is 61.8 Å². The number of alkyl halides is 3. The average Bonchev–Trinajstić information content (AvgIpc) is 3.25. The highest BCUT2D eigenvalue weighted by Gasteiger charge is 2.55. The molecule has 2 fully saturated rings. The monoisotopic (exact) mass is 338 g/mol. The Morgan fingerprint density at radius 3 is 2.35 bits per heavy atom. The number of hydrogen-bond donors (Lipinski definition) is 2. The van der Waals surface area contributed by atoms with Crippen LogP contribution in [0.25, 0.3) is 0 Å². The lowest BCUT2D eigenvalue weighted by atomic mass is 9.91. The van der Waals surface area contributed by atoms with Gasteiger partial charge in [-0.1, -0.05) is 0 Å². The van der Waals surface area contributed by atoms with Gasteiger partial charge in [-0.2, -0.15) is 13.2 Å². The lowest BCUT2D eigenvalue weighted by molar-refractivity contribution is -0.271. The van der Waals surface area contributed by atoms with E-state index in [1.807, 2.05) is 6.92 Å². The molecule has 1 aliphatic carbocycles. The summed E-state index contributed by atoms with van der Waals surface area (Å²) in [6.45, 7) is 3.60. The highest BCUT2D eigenvalue weighted by molar-refractivity contribution is 5.74. The molecule has 2 N–H and O–H groups in total. The van der Waals surface area contributed by atoms with E-state index in [1.165, 1.54) is 4.90 Å². The van der Waals surface area contributed by atoms with Gasteiger partial charge in [-0.15, -0.1) is 0 Å². The van der Waals surface area contributed by atoms with Crippen LogP contribution in [0, 0.1) is 5.41 Å². The first-order chi connectivity index (χ1) is 10.7. The number of likely N-dealkylation sites (tertiary alicyclic amines) is 1. The molecule has 8 heteroatoms. The molecule has 0 spiro atoms. The van der Waals surface area contributed by atoms with Crippen molar-refractivity contribution in [1.29, 1.82) is 0 Å². The van der Waals surface area contributed by atoms with E-state index in [0.29, 0.717) is 19.8 Å². The predicted octanol–water partition coefficient (Wildman–Crippen LogP) is 2.29. The molecule has 5 nitrogen and oxygen atoms in total. The van der Waals surface area contributed by atoms with Gasteiger partial charge in [-0.3, -0.25) is 0 Å². The van der Waals surface area contributed by atoms with Crippen molar-refractivity contribution in [3.05, 3.63) is 0 Å². The van der Waals surface area contributed by atoms with Gasteiger partial charge in [0.1, 0.15) is 0 Å². The summed E-state index contributed by atoms with van der Waals surface area (Å²) in [6.07, 6.45) is -2.64. The summed E-state index contributed by atoms with van der Waals surface area (Å²) in [4.78, 5) is 13.4. The number of rotatable bonds is 6. The average molecular weight is 338 g/mol. The summed E-state index contributed by atoms with van der Waals surface area (Å²) in [6, 6.07) is -0.350. The van der Waals surface area contributed by atoms with Gasteiger partial charge in [0.15, 0.2) is 5.60 Å². The van der Waals surface area contributed by atoms with Crippen molar-refractivity contribution < 1.29 is 27.8 Å². The van der Waals surface area contributed by atoms with Gasteiger partial charge in [-0.25, -0.2) is 4.79 Å². The fourth-order valence-corrected chi connectivity index (χ4v) is 2.86. The molecule has 1 saturated heterocycles. The number of nitrogens with zero attached hydrogens (tertiary/aromatic N) is 1. The van der Waals surface area contributed by atoms with Crippen LogP contribution in [0.1, 0.15) is 39.0 Å². The Morgan fingerprint density at radius 2 is 1.87 bits per heavy atom. The number of nitrogens with one attached hydrogen (secondary N) is 1. The second-order valence-corrected chi connectivity index (χ2v) is 6.62. The zero-order valence-corrected chi connectivity index (χ0v) is 13.4. The predicted molar refractivity (Wildman–Crippen MR) is 78.0 cm³/mol. The molecule has 0 radical (unpaired) electrons. The van der Waals surface area contributed by atoms with E-state index in [9.17, 15) is 23.1 Å². The Kier molecular flexibility index (Phi) is 5.45. The highest BCUT2D eigenvalue weighted by Crippen LogP contribution is 2.48. The maximum Gasteiger partial charge on any atom is 0.417 e. The highest BCUT2D eigenvalue weighted by atomic mass is 19.4. The number of amides is 2. The van der Waals surface area contributed by atoms with E-state index < -0.39 is 24.6 Å². The zero-order chi connectivity index (χ0) is 17.1. The third kappa shape index (κ3) is 4.50. The minimum absolute atomic E-state index is 0.0895. The van der Waals surface area contributed by atoms with Crippen molar-refractivity contribution >= 4 is 6.03 Å². The summed E-state index contributed by atoms with van der Waals surface area (Å²) in [7, 11) is 0. The molecule has 0 aromatic rings. The molecule has 1 aliphatic heterocycles. The molecule has 1 saturated carbocycles. The molecule has 2 aliphatic rings. The van der Waals surface area contributed by atoms with Crippen LogP contribution >= 0.6 is 0 Å². The molecule has 0 aromatic heterocycles. The van der Waals surface area contributed by atoms with Crippen molar-refractivity contribution in [2.45, 2.75) is 50.8 Å². The second kappa shape index (κ2) is 6.84. The molecule has 23 heavy (non-hydrogen) atoms.